The highest BCUT2D eigenvalue weighted by Crippen LogP contribution is 2.24. The summed E-state index contributed by atoms with van der Waals surface area (Å²) < 4.78 is 26.8. The highest BCUT2D eigenvalue weighted by atomic mass is 32.2. The van der Waals surface area contributed by atoms with Gasteiger partial charge in [-0.25, -0.2) is 8.42 Å². The van der Waals surface area contributed by atoms with Crippen LogP contribution in [0, 0.1) is 0 Å². The van der Waals surface area contributed by atoms with Crippen LogP contribution in [0.3, 0.4) is 0 Å². The van der Waals surface area contributed by atoms with Gasteiger partial charge in [0.15, 0.2) is 0 Å². The Morgan fingerprint density at radius 1 is 0.812 bits per heavy atom. The highest BCUT2D eigenvalue weighted by molar-refractivity contribution is 7.89. The normalized spacial score (nSPS) is 18.3. The van der Waals surface area contributed by atoms with E-state index in [-0.39, 0.29) is 10.8 Å². The van der Waals surface area contributed by atoms with Crippen LogP contribution >= 0.6 is 0 Å². The number of carbonyl (C=O) groups excluding carboxylic acids is 1. The van der Waals surface area contributed by atoms with Crippen molar-refractivity contribution in [3.8, 4) is 0 Å². The summed E-state index contributed by atoms with van der Waals surface area (Å²) in [5.41, 5.74) is 2.68. The molecular formula is C24H32N4O3S. The van der Waals surface area contributed by atoms with Gasteiger partial charge in [-0.3, -0.25) is 4.79 Å². The number of hydrogen-bond donors (Lipinski definition) is 2. The molecule has 1 unspecified atom stereocenters. The van der Waals surface area contributed by atoms with Gasteiger partial charge in [0, 0.05) is 43.2 Å². The third-order valence-corrected chi connectivity index (χ3v) is 8.10. The van der Waals surface area contributed by atoms with Crippen LogP contribution in [-0.2, 0) is 14.8 Å². The lowest BCUT2D eigenvalue weighted by molar-refractivity contribution is -0.116. The maximum absolute atomic E-state index is 12.6. The molecule has 2 aliphatic heterocycles. The molecule has 0 saturated carbocycles. The van der Waals surface area contributed by atoms with Crippen LogP contribution in [0.1, 0.15) is 39.0 Å². The van der Waals surface area contributed by atoms with E-state index >= 15 is 0 Å². The number of amides is 1. The fraction of sp³-hybridized carbons (Fsp3) is 0.458. The number of benzene rings is 2. The summed E-state index contributed by atoms with van der Waals surface area (Å²) in [5, 5.41) is 6.09. The van der Waals surface area contributed by atoms with Crippen LogP contribution in [0.25, 0.3) is 0 Å². The van der Waals surface area contributed by atoms with Gasteiger partial charge in [0.2, 0.25) is 15.9 Å². The van der Waals surface area contributed by atoms with Crippen LogP contribution in [0.5, 0.6) is 0 Å². The molecule has 7 nitrogen and oxygen atoms in total. The number of carbonyl (C=O) groups is 1. The molecule has 0 radical (unpaired) electrons. The van der Waals surface area contributed by atoms with Crippen molar-refractivity contribution in [3.05, 3.63) is 48.5 Å². The number of hydrogen-bond acceptors (Lipinski definition) is 5. The smallest absolute Gasteiger partial charge is 0.246 e. The molecule has 2 saturated heterocycles. The standard InChI is InChI=1S/C24H32N4O3S/c1-19(25-20-7-11-22(12-8-20)27-15-3-2-4-16-27)24(29)26-21-9-13-23(14-10-21)32(30,31)28-17-5-6-18-28/h7-14,19,25H,2-6,15-18H2,1H3,(H,26,29). The van der Waals surface area contributed by atoms with Gasteiger partial charge in [-0.05, 0) is 87.6 Å². The average molecular weight is 457 g/mol. The lowest BCUT2D eigenvalue weighted by atomic mass is 10.1. The van der Waals surface area contributed by atoms with Gasteiger partial charge in [0.25, 0.3) is 0 Å². The molecule has 1 amide bonds. The first-order valence-corrected chi connectivity index (χ1v) is 12.9. The molecule has 0 spiro atoms. The van der Waals surface area contributed by atoms with Gasteiger partial charge in [0.1, 0.15) is 6.04 Å². The minimum Gasteiger partial charge on any atom is -0.374 e. The van der Waals surface area contributed by atoms with Gasteiger partial charge in [-0.15, -0.1) is 0 Å². The third-order valence-electron chi connectivity index (χ3n) is 6.19. The fourth-order valence-electron chi connectivity index (χ4n) is 4.27. The van der Waals surface area contributed by atoms with E-state index in [2.05, 4.69) is 27.7 Å². The zero-order valence-electron chi connectivity index (χ0n) is 18.6. The van der Waals surface area contributed by atoms with Crippen molar-refractivity contribution >= 4 is 33.0 Å². The summed E-state index contributed by atoms with van der Waals surface area (Å²) in [7, 11) is -3.45. The van der Waals surface area contributed by atoms with E-state index in [4.69, 9.17) is 0 Å². The zero-order chi connectivity index (χ0) is 22.6. The van der Waals surface area contributed by atoms with E-state index in [0.29, 0.717) is 18.8 Å². The van der Waals surface area contributed by atoms with Gasteiger partial charge >= 0.3 is 0 Å². The van der Waals surface area contributed by atoms with Crippen molar-refractivity contribution in [1.29, 1.82) is 0 Å². The molecule has 2 aromatic carbocycles. The first-order chi connectivity index (χ1) is 15.4. The lowest BCUT2D eigenvalue weighted by Gasteiger charge is -2.29. The number of piperidine rings is 1. The van der Waals surface area contributed by atoms with E-state index in [1.54, 1.807) is 31.2 Å². The first kappa shape index (κ1) is 22.6. The van der Waals surface area contributed by atoms with Crippen LogP contribution in [-0.4, -0.2) is 50.9 Å². The first-order valence-electron chi connectivity index (χ1n) is 11.5. The summed E-state index contributed by atoms with van der Waals surface area (Å²) >= 11 is 0. The average Bonchev–Trinajstić information content (AvgIpc) is 3.36. The second-order valence-electron chi connectivity index (χ2n) is 8.59. The summed E-state index contributed by atoms with van der Waals surface area (Å²) in [6.45, 7) is 5.15. The quantitative estimate of drug-likeness (QED) is 0.660. The fourth-order valence-corrected chi connectivity index (χ4v) is 5.79. The van der Waals surface area contributed by atoms with E-state index in [9.17, 15) is 13.2 Å². The predicted molar refractivity (Wildman–Crippen MR) is 129 cm³/mol. The molecule has 2 N–H and O–H groups in total. The minimum absolute atomic E-state index is 0.180. The second kappa shape index (κ2) is 9.92. The Bertz CT molecular complexity index is 1010. The molecule has 1 atom stereocenters. The second-order valence-corrected chi connectivity index (χ2v) is 10.5. The Morgan fingerprint density at radius 3 is 2.00 bits per heavy atom. The largest absolute Gasteiger partial charge is 0.374 e. The van der Waals surface area contributed by atoms with Gasteiger partial charge in [0.05, 0.1) is 4.90 Å². The Kier molecular flexibility index (Phi) is 7.01. The highest BCUT2D eigenvalue weighted by Gasteiger charge is 2.27. The molecule has 0 bridgehead atoms. The van der Waals surface area contributed by atoms with E-state index in [0.717, 1.165) is 31.6 Å². The van der Waals surface area contributed by atoms with Crippen molar-refractivity contribution in [2.75, 3.05) is 41.7 Å². The van der Waals surface area contributed by atoms with Crippen LogP contribution < -0.4 is 15.5 Å². The molecule has 2 aliphatic rings. The molecule has 2 aromatic rings. The topological polar surface area (TPSA) is 81.8 Å². The Labute approximate surface area is 190 Å². The van der Waals surface area contributed by atoms with Crippen LogP contribution in [0.2, 0.25) is 0 Å². The molecule has 0 aromatic heterocycles. The summed E-state index contributed by atoms with van der Waals surface area (Å²) in [5.74, 6) is -0.180. The molecule has 8 heteroatoms. The van der Waals surface area contributed by atoms with Crippen molar-refractivity contribution in [2.24, 2.45) is 0 Å². The Hall–Kier alpha value is -2.58. The number of nitrogens with zero attached hydrogens (tertiary/aromatic N) is 2. The van der Waals surface area contributed by atoms with Gasteiger partial charge in [-0.2, -0.15) is 4.31 Å². The Morgan fingerprint density at radius 2 is 1.38 bits per heavy atom. The molecule has 2 fully saturated rings. The lowest BCUT2D eigenvalue weighted by Crippen LogP contribution is -2.32. The van der Waals surface area contributed by atoms with E-state index in [1.165, 1.54) is 29.3 Å². The molecule has 0 aliphatic carbocycles. The van der Waals surface area contributed by atoms with Crippen molar-refractivity contribution in [2.45, 2.75) is 50.0 Å². The summed E-state index contributed by atoms with van der Waals surface area (Å²) in [4.78, 5) is 15.3. The Balaban J connectivity index is 1.32. The summed E-state index contributed by atoms with van der Waals surface area (Å²) in [6.07, 6.45) is 5.59. The third kappa shape index (κ3) is 5.24. The SMILES string of the molecule is CC(Nc1ccc(N2CCCCC2)cc1)C(=O)Nc1ccc(S(=O)(=O)N2CCCC2)cc1. The molecule has 2 heterocycles. The van der Waals surface area contributed by atoms with E-state index < -0.39 is 16.1 Å². The number of rotatable bonds is 7. The van der Waals surface area contributed by atoms with Gasteiger partial charge in [-0.1, -0.05) is 0 Å². The molecule has 172 valence electrons. The minimum atomic E-state index is -3.45. The van der Waals surface area contributed by atoms with Crippen LogP contribution in [0.4, 0.5) is 17.1 Å². The summed E-state index contributed by atoms with van der Waals surface area (Å²) in [6, 6.07) is 14.2. The van der Waals surface area contributed by atoms with Crippen molar-refractivity contribution in [3.63, 3.8) is 0 Å². The molecule has 32 heavy (non-hydrogen) atoms. The number of anilines is 3. The van der Waals surface area contributed by atoms with E-state index in [1.807, 2.05) is 12.1 Å². The van der Waals surface area contributed by atoms with Gasteiger partial charge < -0.3 is 15.5 Å². The molecular weight excluding hydrogens is 424 g/mol. The maximum Gasteiger partial charge on any atom is 0.246 e. The number of sulfonamides is 1. The molecule has 4 rings (SSSR count). The maximum atomic E-state index is 12.6. The predicted octanol–water partition coefficient (Wildman–Crippen LogP) is 3.90. The van der Waals surface area contributed by atoms with Crippen molar-refractivity contribution in [1.82, 2.24) is 4.31 Å². The van der Waals surface area contributed by atoms with Crippen molar-refractivity contribution < 1.29 is 13.2 Å². The van der Waals surface area contributed by atoms with Crippen LogP contribution in [0.15, 0.2) is 53.4 Å². The number of nitrogens with one attached hydrogen (secondary N) is 2. The monoisotopic (exact) mass is 456 g/mol. The zero-order valence-corrected chi connectivity index (χ0v) is 19.4.